The number of benzene rings is 1. The number of rotatable bonds is 5. The summed E-state index contributed by atoms with van der Waals surface area (Å²) >= 11 is 0. The van der Waals surface area contributed by atoms with Crippen molar-refractivity contribution in [1.29, 1.82) is 0 Å². The molecule has 0 fully saturated rings. The summed E-state index contributed by atoms with van der Waals surface area (Å²) < 4.78 is 39.2. The van der Waals surface area contributed by atoms with Crippen LogP contribution in [-0.4, -0.2) is 17.8 Å². The Morgan fingerprint density at radius 2 is 1.74 bits per heavy atom. The highest BCUT2D eigenvalue weighted by molar-refractivity contribution is 5.37. The Balaban J connectivity index is 3.39. The molecule has 0 amide bonds. The first kappa shape index (κ1) is 16.0. The maximum absolute atomic E-state index is 13.1. The monoisotopic (exact) mass is 275 g/mol. The molecule has 5 heteroatoms. The lowest BCUT2D eigenvalue weighted by atomic mass is 9.71. The molecule has 1 aromatic rings. The van der Waals surface area contributed by atoms with E-state index in [9.17, 15) is 13.2 Å². The maximum Gasteiger partial charge on any atom is 0.416 e. The Morgan fingerprint density at radius 3 is 2.16 bits per heavy atom. The summed E-state index contributed by atoms with van der Waals surface area (Å²) in [5, 5.41) is 9.16. The van der Waals surface area contributed by atoms with E-state index in [0.29, 0.717) is 6.42 Å². The fourth-order valence-corrected chi connectivity index (χ4v) is 2.43. The van der Waals surface area contributed by atoms with E-state index in [1.165, 1.54) is 12.1 Å². The zero-order chi connectivity index (χ0) is 14.7. The van der Waals surface area contributed by atoms with E-state index in [1.54, 1.807) is 13.0 Å². The molecule has 1 rings (SSSR count). The van der Waals surface area contributed by atoms with Crippen molar-refractivity contribution in [3.8, 4) is 0 Å². The predicted molar refractivity (Wildman–Crippen MR) is 68.8 cm³/mol. The molecule has 0 saturated carbocycles. The minimum Gasteiger partial charge on any atom is -0.396 e. The third-order valence-corrected chi connectivity index (χ3v) is 3.74. The molecule has 0 heterocycles. The smallest absolute Gasteiger partial charge is 0.396 e. The lowest BCUT2D eigenvalue weighted by Crippen LogP contribution is -2.44. The molecule has 0 radical (unpaired) electrons. The van der Waals surface area contributed by atoms with E-state index in [2.05, 4.69) is 0 Å². The first-order valence-corrected chi connectivity index (χ1v) is 6.30. The van der Waals surface area contributed by atoms with Crippen LogP contribution in [0.2, 0.25) is 0 Å². The average molecular weight is 275 g/mol. The third-order valence-electron chi connectivity index (χ3n) is 3.74. The Labute approximate surface area is 111 Å². The van der Waals surface area contributed by atoms with Gasteiger partial charge in [0.2, 0.25) is 0 Å². The van der Waals surface area contributed by atoms with Gasteiger partial charge in [-0.1, -0.05) is 32.0 Å². The zero-order valence-corrected chi connectivity index (χ0v) is 11.2. The van der Waals surface area contributed by atoms with Crippen molar-refractivity contribution in [2.45, 2.75) is 44.3 Å². The second-order valence-corrected chi connectivity index (χ2v) is 4.95. The molecule has 0 aromatic heterocycles. The largest absolute Gasteiger partial charge is 0.416 e. The van der Waals surface area contributed by atoms with Crippen LogP contribution in [0.5, 0.6) is 0 Å². The van der Waals surface area contributed by atoms with Crippen LogP contribution in [0.25, 0.3) is 0 Å². The lowest BCUT2D eigenvalue weighted by Gasteiger charge is -2.37. The Kier molecular flexibility index (Phi) is 4.98. The van der Waals surface area contributed by atoms with Gasteiger partial charge in [-0.3, -0.25) is 0 Å². The second-order valence-electron chi connectivity index (χ2n) is 4.95. The Bertz CT molecular complexity index is 419. The molecule has 0 spiro atoms. The average Bonchev–Trinajstić information content (AvgIpc) is 2.37. The minimum atomic E-state index is -4.42. The highest BCUT2D eigenvalue weighted by Crippen LogP contribution is 2.40. The van der Waals surface area contributed by atoms with E-state index in [0.717, 1.165) is 6.07 Å². The highest BCUT2D eigenvalue weighted by Gasteiger charge is 2.41. The van der Waals surface area contributed by atoms with Gasteiger partial charge in [-0.25, -0.2) is 0 Å². The van der Waals surface area contributed by atoms with Crippen LogP contribution in [0, 0.1) is 0 Å². The van der Waals surface area contributed by atoms with E-state index in [-0.39, 0.29) is 18.6 Å². The Morgan fingerprint density at radius 1 is 1.21 bits per heavy atom. The minimum absolute atomic E-state index is 0.158. The number of halogens is 3. The van der Waals surface area contributed by atoms with Gasteiger partial charge >= 0.3 is 6.18 Å². The summed E-state index contributed by atoms with van der Waals surface area (Å²) in [6, 6.07) is 5.01. The molecule has 108 valence electrons. The molecule has 2 atom stereocenters. The number of nitrogens with two attached hydrogens (primary N) is 1. The van der Waals surface area contributed by atoms with E-state index >= 15 is 0 Å². The summed E-state index contributed by atoms with van der Waals surface area (Å²) in [5.41, 5.74) is 4.60. The first-order chi connectivity index (χ1) is 8.77. The zero-order valence-electron chi connectivity index (χ0n) is 11.2. The summed E-state index contributed by atoms with van der Waals surface area (Å²) in [6.07, 6.45) is -3.67. The lowest BCUT2D eigenvalue weighted by molar-refractivity contribution is -0.139. The fraction of sp³-hybridized carbons (Fsp3) is 0.571. The van der Waals surface area contributed by atoms with E-state index in [1.807, 2.05) is 6.92 Å². The van der Waals surface area contributed by atoms with Crippen LogP contribution in [0.3, 0.4) is 0 Å². The first-order valence-electron chi connectivity index (χ1n) is 6.30. The topological polar surface area (TPSA) is 46.2 Å². The number of aliphatic hydroxyl groups excluding tert-OH is 1. The second kappa shape index (κ2) is 5.92. The Hall–Kier alpha value is -1.07. The van der Waals surface area contributed by atoms with Crippen LogP contribution >= 0.6 is 0 Å². The summed E-state index contributed by atoms with van der Waals surface area (Å²) in [4.78, 5) is 0. The SMILES string of the molecule is CCC(N)C(C)(CCO)c1ccccc1C(F)(F)F. The summed E-state index contributed by atoms with van der Waals surface area (Å²) in [5.74, 6) is 0. The van der Waals surface area contributed by atoms with Gasteiger partial charge in [-0.05, 0) is 24.5 Å². The molecule has 2 nitrogen and oxygen atoms in total. The van der Waals surface area contributed by atoms with Gasteiger partial charge in [0, 0.05) is 18.1 Å². The van der Waals surface area contributed by atoms with Crippen LogP contribution in [0.4, 0.5) is 13.2 Å². The molecule has 0 aliphatic rings. The van der Waals surface area contributed by atoms with Gasteiger partial charge in [0.25, 0.3) is 0 Å². The van der Waals surface area contributed by atoms with Gasteiger partial charge in [-0.15, -0.1) is 0 Å². The van der Waals surface area contributed by atoms with Gasteiger partial charge in [0.1, 0.15) is 0 Å². The molecule has 1 aromatic carbocycles. The van der Waals surface area contributed by atoms with Crippen LogP contribution in [-0.2, 0) is 11.6 Å². The van der Waals surface area contributed by atoms with Gasteiger partial charge in [-0.2, -0.15) is 13.2 Å². The molecule has 19 heavy (non-hydrogen) atoms. The molecule has 3 N–H and O–H groups in total. The normalized spacial score (nSPS) is 17.0. The highest BCUT2D eigenvalue weighted by atomic mass is 19.4. The maximum atomic E-state index is 13.1. The van der Waals surface area contributed by atoms with Crippen molar-refractivity contribution in [3.63, 3.8) is 0 Å². The van der Waals surface area contributed by atoms with Crippen molar-refractivity contribution in [1.82, 2.24) is 0 Å². The standard InChI is InChI=1S/C14H20F3NO/c1-3-12(18)13(2,8-9-19)10-6-4-5-7-11(10)14(15,16)17/h4-7,12,19H,3,8-9,18H2,1-2H3. The van der Waals surface area contributed by atoms with E-state index < -0.39 is 23.2 Å². The quantitative estimate of drug-likeness (QED) is 0.867. The summed E-state index contributed by atoms with van der Waals surface area (Å²) in [7, 11) is 0. The van der Waals surface area contributed by atoms with Gasteiger partial charge < -0.3 is 10.8 Å². The predicted octanol–water partition coefficient (Wildman–Crippen LogP) is 3.08. The van der Waals surface area contributed by atoms with Crippen LogP contribution in [0.1, 0.15) is 37.8 Å². The summed E-state index contributed by atoms with van der Waals surface area (Å²) in [6.45, 7) is 3.31. The molecular weight excluding hydrogens is 255 g/mol. The fourth-order valence-electron chi connectivity index (χ4n) is 2.43. The van der Waals surface area contributed by atoms with E-state index in [4.69, 9.17) is 10.8 Å². The molecule has 0 aliphatic heterocycles. The van der Waals surface area contributed by atoms with Crippen molar-refractivity contribution >= 4 is 0 Å². The number of hydrogen-bond acceptors (Lipinski definition) is 2. The van der Waals surface area contributed by atoms with Crippen LogP contribution in [0.15, 0.2) is 24.3 Å². The van der Waals surface area contributed by atoms with Crippen molar-refractivity contribution < 1.29 is 18.3 Å². The number of alkyl halides is 3. The molecule has 0 bridgehead atoms. The molecule has 0 aliphatic carbocycles. The number of hydrogen-bond donors (Lipinski definition) is 2. The van der Waals surface area contributed by atoms with Gasteiger partial charge in [0.15, 0.2) is 0 Å². The molecular formula is C14H20F3NO. The van der Waals surface area contributed by atoms with Crippen molar-refractivity contribution in [3.05, 3.63) is 35.4 Å². The van der Waals surface area contributed by atoms with Crippen molar-refractivity contribution in [2.24, 2.45) is 5.73 Å². The van der Waals surface area contributed by atoms with Gasteiger partial charge in [0.05, 0.1) is 5.56 Å². The molecule has 0 saturated heterocycles. The molecule has 2 unspecified atom stereocenters. The number of aliphatic hydroxyl groups is 1. The van der Waals surface area contributed by atoms with Crippen LogP contribution < -0.4 is 5.73 Å². The third kappa shape index (κ3) is 3.28. The van der Waals surface area contributed by atoms with Crippen molar-refractivity contribution in [2.75, 3.05) is 6.61 Å².